The second-order valence-electron chi connectivity index (χ2n) is 5.94. The molecule has 0 aliphatic carbocycles. The number of para-hydroxylation sites is 1. The van der Waals surface area contributed by atoms with Crippen LogP contribution in [0.3, 0.4) is 0 Å². The predicted molar refractivity (Wildman–Crippen MR) is 117 cm³/mol. The molecule has 0 atom stereocenters. The average molecular weight is 428 g/mol. The number of carbonyl (C=O) groups is 1. The minimum absolute atomic E-state index is 0.295. The van der Waals surface area contributed by atoms with Crippen LogP contribution in [0.25, 0.3) is 11.0 Å². The van der Waals surface area contributed by atoms with Gasteiger partial charge in [0.2, 0.25) is 5.13 Å². The van der Waals surface area contributed by atoms with Crippen molar-refractivity contribution < 1.29 is 9.21 Å². The maximum Gasteiger partial charge on any atom is 0.293 e. The van der Waals surface area contributed by atoms with Gasteiger partial charge in [-0.05, 0) is 17.9 Å². The standard InChI is InChI=1S/C20H17N3O2S3/c1-26-12-15-14-9-5-6-10-16(14)25-17(15)18(24)21-19-22-23-20(28-19)27-11-13-7-3-2-4-8-13/h2-10H,11-12H2,1H3,(H,21,22,24). The van der Waals surface area contributed by atoms with Crippen molar-refractivity contribution in [3.8, 4) is 0 Å². The molecule has 0 saturated heterocycles. The van der Waals surface area contributed by atoms with Crippen molar-refractivity contribution in [3.63, 3.8) is 0 Å². The van der Waals surface area contributed by atoms with Gasteiger partial charge >= 0.3 is 0 Å². The average Bonchev–Trinajstić information content (AvgIpc) is 3.32. The van der Waals surface area contributed by atoms with E-state index >= 15 is 0 Å². The largest absolute Gasteiger partial charge is 0.451 e. The Hall–Kier alpha value is -2.29. The Morgan fingerprint density at radius 2 is 1.86 bits per heavy atom. The van der Waals surface area contributed by atoms with E-state index in [-0.39, 0.29) is 5.91 Å². The molecule has 0 saturated carbocycles. The van der Waals surface area contributed by atoms with Gasteiger partial charge in [0.25, 0.3) is 5.91 Å². The lowest BCUT2D eigenvalue weighted by atomic mass is 10.1. The van der Waals surface area contributed by atoms with Crippen LogP contribution in [0, 0.1) is 0 Å². The number of hydrogen-bond donors (Lipinski definition) is 1. The van der Waals surface area contributed by atoms with E-state index in [1.54, 1.807) is 23.5 Å². The minimum Gasteiger partial charge on any atom is -0.451 e. The number of nitrogens with zero attached hydrogens (tertiary/aromatic N) is 2. The number of anilines is 1. The van der Waals surface area contributed by atoms with E-state index in [0.717, 1.165) is 21.0 Å². The van der Waals surface area contributed by atoms with E-state index in [2.05, 4.69) is 27.6 Å². The van der Waals surface area contributed by atoms with Gasteiger partial charge in [0, 0.05) is 22.5 Å². The molecule has 0 aliphatic heterocycles. The number of rotatable bonds is 7. The predicted octanol–water partition coefficient (Wildman–Crippen LogP) is 5.69. The molecule has 2 heterocycles. The lowest BCUT2D eigenvalue weighted by Crippen LogP contribution is -2.12. The molecule has 0 radical (unpaired) electrons. The molecule has 2 aromatic heterocycles. The molecule has 142 valence electrons. The van der Waals surface area contributed by atoms with Crippen LogP contribution >= 0.6 is 34.9 Å². The molecular formula is C20H17N3O2S3. The first kappa shape index (κ1) is 19.0. The summed E-state index contributed by atoms with van der Waals surface area (Å²) in [5.41, 5.74) is 2.84. The van der Waals surface area contributed by atoms with E-state index in [1.807, 2.05) is 48.7 Å². The number of amides is 1. The van der Waals surface area contributed by atoms with Gasteiger partial charge in [-0.2, -0.15) is 11.8 Å². The summed E-state index contributed by atoms with van der Waals surface area (Å²) >= 11 is 4.61. The van der Waals surface area contributed by atoms with Crippen LogP contribution in [0.1, 0.15) is 21.7 Å². The number of fused-ring (bicyclic) bond motifs is 1. The lowest BCUT2D eigenvalue weighted by molar-refractivity contribution is 0.0997. The summed E-state index contributed by atoms with van der Waals surface area (Å²) in [6, 6.07) is 17.9. The quantitative estimate of drug-likeness (QED) is 0.302. The molecule has 1 N–H and O–H groups in total. The van der Waals surface area contributed by atoms with Crippen molar-refractivity contribution in [2.45, 2.75) is 15.8 Å². The van der Waals surface area contributed by atoms with Crippen LogP contribution in [-0.4, -0.2) is 22.4 Å². The summed E-state index contributed by atoms with van der Waals surface area (Å²) in [6.07, 6.45) is 2.00. The third-order valence-electron chi connectivity index (χ3n) is 4.03. The number of aromatic nitrogens is 2. The molecule has 1 amide bonds. The van der Waals surface area contributed by atoms with Crippen molar-refractivity contribution >= 4 is 56.9 Å². The molecule has 4 rings (SSSR count). The van der Waals surface area contributed by atoms with Gasteiger partial charge in [-0.25, -0.2) is 0 Å². The highest BCUT2D eigenvalue weighted by Crippen LogP contribution is 2.31. The fourth-order valence-electron chi connectivity index (χ4n) is 2.76. The van der Waals surface area contributed by atoms with E-state index in [0.29, 0.717) is 22.2 Å². The first-order valence-corrected chi connectivity index (χ1v) is 11.7. The minimum atomic E-state index is -0.295. The summed E-state index contributed by atoms with van der Waals surface area (Å²) in [5.74, 6) is 1.55. The van der Waals surface area contributed by atoms with E-state index in [4.69, 9.17) is 4.42 Å². The summed E-state index contributed by atoms with van der Waals surface area (Å²) in [6.45, 7) is 0. The SMILES string of the molecule is CSCc1c(C(=O)Nc2nnc(SCc3ccccc3)s2)oc2ccccc12. The first-order chi connectivity index (χ1) is 13.7. The second kappa shape index (κ2) is 8.81. The summed E-state index contributed by atoms with van der Waals surface area (Å²) < 4.78 is 6.64. The Balaban J connectivity index is 1.48. The molecule has 0 fully saturated rings. The van der Waals surface area contributed by atoms with Gasteiger partial charge in [0.15, 0.2) is 10.1 Å². The molecule has 2 aromatic carbocycles. The van der Waals surface area contributed by atoms with Crippen LogP contribution in [0.5, 0.6) is 0 Å². The first-order valence-electron chi connectivity index (χ1n) is 8.55. The Morgan fingerprint density at radius 1 is 1.07 bits per heavy atom. The van der Waals surface area contributed by atoms with Gasteiger partial charge < -0.3 is 4.42 Å². The maximum atomic E-state index is 12.8. The van der Waals surface area contributed by atoms with E-state index in [9.17, 15) is 4.79 Å². The van der Waals surface area contributed by atoms with Crippen molar-refractivity contribution in [1.82, 2.24) is 10.2 Å². The van der Waals surface area contributed by atoms with Gasteiger partial charge in [-0.1, -0.05) is 71.6 Å². The second-order valence-corrected chi connectivity index (χ2v) is 9.01. The zero-order valence-electron chi connectivity index (χ0n) is 15.0. The Morgan fingerprint density at radius 3 is 2.68 bits per heavy atom. The molecular weight excluding hydrogens is 410 g/mol. The number of hydrogen-bond acceptors (Lipinski definition) is 7. The summed E-state index contributed by atoms with van der Waals surface area (Å²) in [7, 11) is 0. The number of thioether (sulfide) groups is 2. The van der Waals surface area contributed by atoms with Crippen molar-refractivity contribution in [2.75, 3.05) is 11.6 Å². The summed E-state index contributed by atoms with van der Waals surface area (Å²) in [4.78, 5) is 12.8. The highest BCUT2D eigenvalue weighted by atomic mass is 32.2. The number of nitrogens with one attached hydrogen (secondary N) is 1. The van der Waals surface area contributed by atoms with Crippen LogP contribution in [0.2, 0.25) is 0 Å². The third kappa shape index (κ3) is 4.24. The Bertz CT molecular complexity index is 1090. The molecule has 0 spiro atoms. The number of carbonyl (C=O) groups excluding carboxylic acids is 1. The van der Waals surface area contributed by atoms with Gasteiger partial charge in [0.1, 0.15) is 5.58 Å². The number of benzene rings is 2. The molecule has 28 heavy (non-hydrogen) atoms. The molecule has 4 aromatic rings. The van der Waals surface area contributed by atoms with Gasteiger partial charge in [-0.15, -0.1) is 10.2 Å². The molecule has 0 aliphatic rings. The van der Waals surface area contributed by atoms with E-state index < -0.39 is 0 Å². The lowest BCUT2D eigenvalue weighted by Gasteiger charge is -2.01. The molecule has 0 bridgehead atoms. The maximum absolute atomic E-state index is 12.8. The van der Waals surface area contributed by atoms with Crippen LogP contribution in [0.4, 0.5) is 5.13 Å². The van der Waals surface area contributed by atoms with Crippen molar-refractivity contribution in [3.05, 3.63) is 71.5 Å². The Kier molecular flexibility index (Phi) is 5.99. The van der Waals surface area contributed by atoms with Crippen LogP contribution in [-0.2, 0) is 11.5 Å². The fourth-order valence-corrected chi connectivity index (χ4v) is 5.04. The third-order valence-corrected chi connectivity index (χ3v) is 6.65. The number of furan rings is 1. The topological polar surface area (TPSA) is 68.0 Å². The monoisotopic (exact) mass is 427 g/mol. The van der Waals surface area contributed by atoms with Gasteiger partial charge in [-0.3, -0.25) is 10.1 Å². The highest BCUT2D eigenvalue weighted by Gasteiger charge is 2.21. The molecule has 8 heteroatoms. The Labute approximate surface area is 174 Å². The zero-order chi connectivity index (χ0) is 19.3. The smallest absolute Gasteiger partial charge is 0.293 e. The normalized spacial score (nSPS) is 11.0. The van der Waals surface area contributed by atoms with Crippen LogP contribution in [0.15, 0.2) is 63.4 Å². The fraction of sp³-hybridized carbons (Fsp3) is 0.150. The molecule has 5 nitrogen and oxygen atoms in total. The summed E-state index contributed by atoms with van der Waals surface area (Å²) in [5, 5.41) is 12.5. The van der Waals surface area contributed by atoms with Crippen molar-refractivity contribution in [1.29, 1.82) is 0 Å². The van der Waals surface area contributed by atoms with E-state index in [1.165, 1.54) is 16.9 Å². The van der Waals surface area contributed by atoms with Crippen LogP contribution < -0.4 is 5.32 Å². The zero-order valence-corrected chi connectivity index (χ0v) is 17.5. The molecule has 0 unspecified atom stereocenters. The van der Waals surface area contributed by atoms with Crippen molar-refractivity contribution in [2.24, 2.45) is 0 Å². The van der Waals surface area contributed by atoms with Gasteiger partial charge in [0.05, 0.1) is 0 Å². The highest BCUT2D eigenvalue weighted by molar-refractivity contribution is 8.00.